The minimum absolute atomic E-state index is 0.672. The molecule has 0 spiro atoms. The molecule has 0 saturated heterocycles. The van der Waals surface area contributed by atoms with E-state index in [1.54, 1.807) is 6.08 Å². The van der Waals surface area contributed by atoms with Crippen molar-refractivity contribution in [1.29, 1.82) is 0 Å². The van der Waals surface area contributed by atoms with Gasteiger partial charge in [-0.25, -0.2) is 0 Å². The Morgan fingerprint density at radius 2 is 2.07 bits per heavy atom. The average molecular weight is 210 g/mol. The van der Waals surface area contributed by atoms with Gasteiger partial charge in [0.15, 0.2) is 0 Å². The first-order chi connectivity index (χ1) is 6.93. The fraction of sp³-hybridized carbons (Fsp3) is 0.714. The summed E-state index contributed by atoms with van der Waals surface area (Å²) in [5, 5.41) is 9.98. The van der Waals surface area contributed by atoms with E-state index < -0.39 is 5.60 Å². The number of aliphatic hydroxyl groups is 1. The van der Waals surface area contributed by atoms with Gasteiger partial charge in [0.25, 0.3) is 0 Å². The van der Waals surface area contributed by atoms with Crippen LogP contribution >= 0.6 is 0 Å². The minimum Gasteiger partial charge on any atom is -0.386 e. The predicted octanol–water partition coefficient (Wildman–Crippen LogP) is 4.09. The lowest BCUT2D eigenvalue weighted by Crippen LogP contribution is -2.23. The highest BCUT2D eigenvalue weighted by atomic mass is 16.3. The van der Waals surface area contributed by atoms with E-state index in [1.807, 2.05) is 6.92 Å². The average Bonchev–Trinajstić information content (AvgIpc) is 2.16. The van der Waals surface area contributed by atoms with E-state index in [0.29, 0.717) is 5.92 Å². The molecular weight excluding hydrogens is 184 g/mol. The molecule has 15 heavy (non-hydrogen) atoms. The summed E-state index contributed by atoms with van der Waals surface area (Å²) in [5.74, 6) is 0.714. The molecule has 0 aromatic rings. The lowest BCUT2D eigenvalue weighted by molar-refractivity contribution is 0.0788. The summed E-state index contributed by atoms with van der Waals surface area (Å²) in [5.41, 5.74) is 0.752. The molecule has 0 saturated carbocycles. The lowest BCUT2D eigenvalue weighted by atomic mass is 9.93. The monoisotopic (exact) mass is 210 g/mol. The van der Waals surface area contributed by atoms with Gasteiger partial charge < -0.3 is 5.11 Å². The van der Waals surface area contributed by atoms with Crippen molar-refractivity contribution in [2.75, 3.05) is 0 Å². The lowest BCUT2D eigenvalue weighted by Gasteiger charge is -2.21. The Bertz CT molecular complexity index is 215. The van der Waals surface area contributed by atoms with Crippen molar-refractivity contribution in [2.24, 2.45) is 5.92 Å². The number of hydrogen-bond donors (Lipinski definition) is 1. The van der Waals surface area contributed by atoms with Gasteiger partial charge in [-0.3, -0.25) is 0 Å². The van der Waals surface area contributed by atoms with Gasteiger partial charge in [0.1, 0.15) is 0 Å². The van der Waals surface area contributed by atoms with Crippen LogP contribution in [0.1, 0.15) is 53.4 Å². The van der Waals surface area contributed by atoms with Crippen LogP contribution in [-0.4, -0.2) is 10.7 Å². The smallest absolute Gasteiger partial charge is 0.0825 e. The molecule has 1 unspecified atom stereocenters. The van der Waals surface area contributed by atoms with Gasteiger partial charge in [-0.05, 0) is 38.5 Å². The molecule has 1 heteroatoms. The molecule has 0 aromatic carbocycles. The zero-order chi connectivity index (χ0) is 11.9. The van der Waals surface area contributed by atoms with Crippen LogP contribution in [0.15, 0.2) is 24.3 Å². The first-order valence-electron chi connectivity index (χ1n) is 5.95. The van der Waals surface area contributed by atoms with E-state index in [-0.39, 0.29) is 0 Å². The maximum atomic E-state index is 9.98. The Kier molecular flexibility index (Phi) is 6.58. The second-order valence-electron chi connectivity index (χ2n) is 4.85. The van der Waals surface area contributed by atoms with Gasteiger partial charge >= 0.3 is 0 Å². The molecule has 0 aromatic heterocycles. The fourth-order valence-electron chi connectivity index (χ4n) is 1.72. The molecule has 0 fully saturated rings. The molecular formula is C14H26O. The SMILES string of the molecule is C=CC(O)(CC)CCC=C(C)CC(C)C. The first-order valence-corrected chi connectivity index (χ1v) is 5.95. The van der Waals surface area contributed by atoms with Crippen molar-refractivity contribution < 1.29 is 5.11 Å². The third kappa shape index (κ3) is 6.51. The van der Waals surface area contributed by atoms with Crippen molar-refractivity contribution in [3.63, 3.8) is 0 Å². The molecule has 0 bridgehead atoms. The van der Waals surface area contributed by atoms with Crippen LogP contribution in [0.2, 0.25) is 0 Å². The number of rotatable bonds is 7. The standard InChI is InChI=1S/C14H26O/c1-6-14(15,7-2)10-8-9-13(5)11-12(3)4/h6,9,12,15H,1,7-8,10-11H2,2-5H3. The van der Waals surface area contributed by atoms with E-state index in [1.165, 1.54) is 5.57 Å². The molecule has 0 radical (unpaired) electrons. The van der Waals surface area contributed by atoms with Crippen molar-refractivity contribution >= 4 is 0 Å². The van der Waals surface area contributed by atoms with Gasteiger partial charge in [-0.1, -0.05) is 38.5 Å². The topological polar surface area (TPSA) is 20.2 Å². The molecule has 0 rings (SSSR count). The van der Waals surface area contributed by atoms with E-state index in [2.05, 4.69) is 33.4 Å². The fourth-order valence-corrected chi connectivity index (χ4v) is 1.72. The van der Waals surface area contributed by atoms with E-state index in [0.717, 1.165) is 25.7 Å². The summed E-state index contributed by atoms with van der Waals surface area (Å²) >= 11 is 0. The third-order valence-electron chi connectivity index (χ3n) is 2.79. The highest BCUT2D eigenvalue weighted by Crippen LogP contribution is 2.20. The van der Waals surface area contributed by atoms with Crippen molar-refractivity contribution in [1.82, 2.24) is 0 Å². The Morgan fingerprint density at radius 3 is 2.47 bits per heavy atom. The second-order valence-corrected chi connectivity index (χ2v) is 4.85. The van der Waals surface area contributed by atoms with Crippen LogP contribution in [-0.2, 0) is 0 Å². The summed E-state index contributed by atoms with van der Waals surface area (Å²) in [4.78, 5) is 0. The summed E-state index contributed by atoms with van der Waals surface area (Å²) in [6.45, 7) is 12.3. The molecule has 88 valence electrons. The van der Waals surface area contributed by atoms with Crippen molar-refractivity contribution in [3.8, 4) is 0 Å². The Morgan fingerprint density at radius 1 is 1.47 bits per heavy atom. The highest BCUT2D eigenvalue weighted by molar-refractivity contribution is 5.02. The highest BCUT2D eigenvalue weighted by Gasteiger charge is 2.18. The number of hydrogen-bond acceptors (Lipinski definition) is 1. The van der Waals surface area contributed by atoms with Crippen LogP contribution < -0.4 is 0 Å². The van der Waals surface area contributed by atoms with E-state index in [9.17, 15) is 5.11 Å². The third-order valence-corrected chi connectivity index (χ3v) is 2.79. The summed E-state index contributed by atoms with van der Waals surface area (Å²) in [7, 11) is 0. The van der Waals surface area contributed by atoms with Crippen LogP contribution in [0.4, 0.5) is 0 Å². The largest absolute Gasteiger partial charge is 0.386 e. The van der Waals surface area contributed by atoms with Crippen LogP contribution in [0.5, 0.6) is 0 Å². The summed E-state index contributed by atoms with van der Waals surface area (Å²) < 4.78 is 0. The van der Waals surface area contributed by atoms with Gasteiger partial charge in [-0.2, -0.15) is 0 Å². The van der Waals surface area contributed by atoms with Crippen LogP contribution in [0, 0.1) is 5.92 Å². The van der Waals surface area contributed by atoms with Crippen molar-refractivity contribution in [3.05, 3.63) is 24.3 Å². The summed E-state index contributed by atoms with van der Waals surface area (Å²) in [6, 6.07) is 0. The number of allylic oxidation sites excluding steroid dienone is 2. The Labute approximate surface area is 94.9 Å². The van der Waals surface area contributed by atoms with Gasteiger partial charge in [0.05, 0.1) is 5.60 Å². The van der Waals surface area contributed by atoms with Gasteiger partial charge in [-0.15, -0.1) is 6.58 Å². The minimum atomic E-state index is -0.672. The first kappa shape index (κ1) is 14.4. The molecule has 0 aliphatic rings. The molecule has 1 nitrogen and oxygen atoms in total. The molecule has 1 N–H and O–H groups in total. The second kappa shape index (κ2) is 6.84. The van der Waals surface area contributed by atoms with Gasteiger partial charge in [0, 0.05) is 0 Å². The van der Waals surface area contributed by atoms with E-state index >= 15 is 0 Å². The molecule has 0 amide bonds. The molecule has 0 aliphatic carbocycles. The van der Waals surface area contributed by atoms with Crippen LogP contribution in [0.3, 0.4) is 0 Å². The van der Waals surface area contributed by atoms with Crippen LogP contribution in [0.25, 0.3) is 0 Å². The maximum Gasteiger partial charge on any atom is 0.0825 e. The zero-order valence-electron chi connectivity index (χ0n) is 10.7. The van der Waals surface area contributed by atoms with E-state index in [4.69, 9.17) is 0 Å². The molecule has 1 atom stereocenters. The quantitative estimate of drug-likeness (QED) is 0.628. The Balaban J connectivity index is 4.00. The Hall–Kier alpha value is -0.560. The normalized spacial score (nSPS) is 16.5. The van der Waals surface area contributed by atoms with Crippen molar-refractivity contribution in [2.45, 2.75) is 59.0 Å². The maximum absolute atomic E-state index is 9.98. The van der Waals surface area contributed by atoms with Gasteiger partial charge in [0.2, 0.25) is 0 Å². The molecule has 0 aliphatic heterocycles. The summed E-state index contributed by atoms with van der Waals surface area (Å²) in [6.07, 6.45) is 7.52. The molecule has 0 heterocycles. The zero-order valence-corrected chi connectivity index (χ0v) is 10.7. The predicted molar refractivity (Wildman–Crippen MR) is 67.9 cm³/mol.